The fourth-order valence-corrected chi connectivity index (χ4v) is 2.60. The van der Waals surface area contributed by atoms with Gasteiger partial charge in [-0.2, -0.15) is 0 Å². The van der Waals surface area contributed by atoms with Crippen LogP contribution in [0.2, 0.25) is 0 Å². The number of carbonyl (C=O) groups is 1. The highest BCUT2D eigenvalue weighted by Gasteiger charge is 2.31. The molecule has 0 aromatic carbocycles. The van der Waals surface area contributed by atoms with Gasteiger partial charge in [-0.25, -0.2) is 0 Å². The van der Waals surface area contributed by atoms with Gasteiger partial charge in [-0.05, 0) is 45.2 Å². The van der Waals surface area contributed by atoms with Crippen LogP contribution in [0.3, 0.4) is 0 Å². The number of amides is 1. The maximum atomic E-state index is 12.1. The van der Waals surface area contributed by atoms with Gasteiger partial charge in [0.1, 0.15) is 0 Å². The Hall–Kier alpha value is -0.570. The van der Waals surface area contributed by atoms with Crippen molar-refractivity contribution in [3.63, 3.8) is 0 Å². The van der Waals surface area contributed by atoms with Crippen molar-refractivity contribution in [3.05, 3.63) is 0 Å². The average molecular weight is 226 g/mol. The Kier molecular flexibility index (Phi) is 5.26. The van der Waals surface area contributed by atoms with E-state index in [9.17, 15) is 4.79 Å². The second-order valence-corrected chi connectivity index (χ2v) is 5.31. The van der Waals surface area contributed by atoms with Gasteiger partial charge in [-0.3, -0.25) is 4.79 Å². The van der Waals surface area contributed by atoms with Gasteiger partial charge in [0.15, 0.2) is 0 Å². The van der Waals surface area contributed by atoms with E-state index >= 15 is 0 Å². The number of nitrogens with zero attached hydrogens (tertiary/aromatic N) is 1. The molecule has 94 valence electrons. The molecular formula is C13H26N2O. The van der Waals surface area contributed by atoms with E-state index in [1.807, 2.05) is 7.05 Å². The second kappa shape index (κ2) is 6.24. The standard InChI is InChI=1S/C13H26N2O/c1-10-8-11(2)12(3)15(9-10)13(16)6-5-7-14-4/h10-12,14H,5-9H2,1-4H3. The number of piperidine rings is 1. The van der Waals surface area contributed by atoms with Crippen LogP contribution in [0.1, 0.15) is 40.0 Å². The lowest BCUT2D eigenvalue weighted by Crippen LogP contribution is -2.48. The number of carbonyl (C=O) groups excluding carboxylic acids is 1. The second-order valence-electron chi connectivity index (χ2n) is 5.31. The predicted octanol–water partition coefficient (Wildman–Crippen LogP) is 1.88. The first-order valence-electron chi connectivity index (χ1n) is 6.50. The highest BCUT2D eigenvalue weighted by Crippen LogP contribution is 2.27. The van der Waals surface area contributed by atoms with Gasteiger partial charge in [0.05, 0.1) is 0 Å². The van der Waals surface area contributed by atoms with Crippen LogP contribution in [-0.2, 0) is 4.79 Å². The molecule has 1 amide bonds. The molecule has 3 atom stereocenters. The first-order chi connectivity index (χ1) is 7.56. The normalized spacial score (nSPS) is 30.5. The van der Waals surface area contributed by atoms with Crippen LogP contribution >= 0.6 is 0 Å². The molecule has 1 rings (SSSR count). The molecule has 16 heavy (non-hydrogen) atoms. The molecule has 1 fully saturated rings. The van der Waals surface area contributed by atoms with E-state index in [-0.39, 0.29) is 0 Å². The molecule has 3 nitrogen and oxygen atoms in total. The third kappa shape index (κ3) is 3.48. The molecule has 0 aliphatic carbocycles. The van der Waals surface area contributed by atoms with Gasteiger partial charge in [-0.1, -0.05) is 13.8 Å². The molecule has 1 saturated heterocycles. The third-order valence-corrected chi connectivity index (χ3v) is 3.74. The van der Waals surface area contributed by atoms with Gasteiger partial charge in [0, 0.05) is 19.0 Å². The molecule has 1 aliphatic heterocycles. The Balaban J connectivity index is 2.46. The summed E-state index contributed by atoms with van der Waals surface area (Å²) in [7, 11) is 1.93. The molecule has 3 heteroatoms. The quantitative estimate of drug-likeness (QED) is 0.742. The molecule has 0 aromatic heterocycles. The van der Waals surface area contributed by atoms with Crippen molar-refractivity contribution in [2.45, 2.75) is 46.1 Å². The number of hydrogen-bond donors (Lipinski definition) is 1. The Morgan fingerprint density at radius 3 is 2.69 bits per heavy atom. The molecular weight excluding hydrogens is 200 g/mol. The van der Waals surface area contributed by atoms with Crippen LogP contribution in [0.5, 0.6) is 0 Å². The summed E-state index contributed by atoms with van der Waals surface area (Å²) in [5.41, 5.74) is 0. The summed E-state index contributed by atoms with van der Waals surface area (Å²) in [6, 6.07) is 0.415. The molecule has 1 aliphatic rings. The van der Waals surface area contributed by atoms with Gasteiger partial charge in [0.2, 0.25) is 5.91 Å². The first-order valence-corrected chi connectivity index (χ1v) is 6.50. The Morgan fingerprint density at radius 2 is 2.06 bits per heavy atom. The van der Waals surface area contributed by atoms with E-state index in [1.54, 1.807) is 0 Å². The molecule has 0 saturated carbocycles. The highest BCUT2D eigenvalue weighted by atomic mass is 16.2. The molecule has 0 aromatic rings. The zero-order chi connectivity index (χ0) is 12.1. The lowest BCUT2D eigenvalue weighted by Gasteiger charge is -2.41. The summed E-state index contributed by atoms with van der Waals surface area (Å²) in [6.07, 6.45) is 2.88. The number of likely N-dealkylation sites (tertiary alicyclic amines) is 1. The molecule has 0 radical (unpaired) electrons. The van der Waals surface area contributed by atoms with E-state index in [0.29, 0.717) is 30.2 Å². The molecule has 0 bridgehead atoms. The van der Waals surface area contributed by atoms with Crippen molar-refractivity contribution in [2.24, 2.45) is 11.8 Å². The van der Waals surface area contributed by atoms with Crippen LogP contribution < -0.4 is 5.32 Å². The van der Waals surface area contributed by atoms with Crippen LogP contribution in [-0.4, -0.2) is 37.0 Å². The smallest absolute Gasteiger partial charge is 0.222 e. The topological polar surface area (TPSA) is 32.3 Å². The Bertz CT molecular complexity index is 230. The lowest BCUT2D eigenvalue weighted by molar-refractivity contribution is -0.137. The fraction of sp³-hybridized carbons (Fsp3) is 0.923. The minimum absolute atomic E-state index is 0.334. The predicted molar refractivity (Wildman–Crippen MR) is 67.3 cm³/mol. The zero-order valence-corrected chi connectivity index (χ0v) is 11.1. The largest absolute Gasteiger partial charge is 0.339 e. The van der Waals surface area contributed by atoms with Crippen LogP contribution in [0, 0.1) is 11.8 Å². The fourth-order valence-electron chi connectivity index (χ4n) is 2.60. The van der Waals surface area contributed by atoms with Crippen molar-refractivity contribution in [1.29, 1.82) is 0 Å². The average Bonchev–Trinajstić information content (AvgIpc) is 2.23. The number of hydrogen-bond acceptors (Lipinski definition) is 2. The summed E-state index contributed by atoms with van der Waals surface area (Å²) in [5.74, 6) is 1.62. The van der Waals surface area contributed by atoms with E-state index < -0.39 is 0 Å². The van der Waals surface area contributed by atoms with Crippen molar-refractivity contribution in [3.8, 4) is 0 Å². The summed E-state index contributed by atoms with van der Waals surface area (Å²) < 4.78 is 0. The monoisotopic (exact) mass is 226 g/mol. The SMILES string of the molecule is CNCCCC(=O)N1CC(C)CC(C)C1C. The van der Waals surface area contributed by atoms with E-state index in [1.165, 1.54) is 6.42 Å². The van der Waals surface area contributed by atoms with E-state index in [4.69, 9.17) is 0 Å². The highest BCUT2D eigenvalue weighted by molar-refractivity contribution is 5.76. The lowest BCUT2D eigenvalue weighted by atomic mass is 9.86. The molecule has 3 unspecified atom stereocenters. The van der Waals surface area contributed by atoms with Crippen LogP contribution in [0.4, 0.5) is 0 Å². The number of rotatable bonds is 4. The minimum Gasteiger partial charge on any atom is -0.339 e. The van der Waals surface area contributed by atoms with Crippen molar-refractivity contribution < 1.29 is 4.79 Å². The first kappa shape index (κ1) is 13.5. The molecule has 0 spiro atoms. The van der Waals surface area contributed by atoms with Gasteiger partial charge in [0.25, 0.3) is 0 Å². The van der Waals surface area contributed by atoms with Gasteiger partial charge >= 0.3 is 0 Å². The maximum absolute atomic E-state index is 12.1. The summed E-state index contributed by atoms with van der Waals surface area (Å²) in [4.78, 5) is 14.2. The Morgan fingerprint density at radius 1 is 1.38 bits per heavy atom. The molecule has 1 N–H and O–H groups in total. The van der Waals surface area contributed by atoms with Gasteiger partial charge < -0.3 is 10.2 Å². The van der Waals surface area contributed by atoms with Crippen molar-refractivity contribution >= 4 is 5.91 Å². The summed E-state index contributed by atoms with van der Waals surface area (Å²) in [5, 5.41) is 3.08. The number of nitrogens with one attached hydrogen (secondary N) is 1. The van der Waals surface area contributed by atoms with Crippen LogP contribution in [0.15, 0.2) is 0 Å². The maximum Gasteiger partial charge on any atom is 0.222 e. The van der Waals surface area contributed by atoms with Crippen molar-refractivity contribution in [1.82, 2.24) is 10.2 Å². The van der Waals surface area contributed by atoms with Crippen LogP contribution in [0.25, 0.3) is 0 Å². The van der Waals surface area contributed by atoms with E-state index in [2.05, 4.69) is 31.0 Å². The van der Waals surface area contributed by atoms with Gasteiger partial charge in [-0.15, -0.1) is 0 Å². The van der Waals surface area contributed by atoms with E-state index in [0.717, 1.165) is 19.5 Å². The van der Waals surface area contributed by atoms with Crippen molar-refractivity contribution in [2.75, 3.05) is 20.1 Å². The third-order valence-electron chi connectivity index (χ3n) is 3.74. The zero-order valence-electron chi connectivity index (χ0n) is 11.1. The molecule has 1 heterocycles. The minimum atomic E-state index is 0.334. The summed E-state index contributed by atoms with van der Waals surface area (Å²) >= 11 is 0. The Labute approximate surface area is 99.6 Å². The summed E-state index contributed by atoms with van der Waals surface area (Å²) in [6.45, 7) is 8.57.